The molecule has 0 fully saturated rings. The van der Waals surface area contributed by atoms with Crippen molar-refractivity contribution in [1.82, 2.24) is 15.3 Å². The van der Waals surface area contributed by atoms with Gasteiger partial charge in [0.1, 0.15) is 0 Å². The van der Waals surface area contributed by atoms with Crippen LogP contribution in [0.2, 0.25) is 0 Å². The predicted molar refractivity (Wildman–Crippen MR) is 85.3 cm³/mol. The number of nitrogens with one attached hydrogen (secondary N) is 2. The first-order chi connectivity index (χ1) is 9.83. The Hall–Kier alpha value is -1.34. The summed E-state index contributed by atoms with van der Waals surface area (Å²) in [5, 5.41) is 3.86. The van der Waals surface area contributed by atoms with E-state index in [1.54, 1.807) is 0 Å². The second-order valence-corrected chi connectivity index (χ2v) is 6.62. The molecule has 4 N–H and O–H groups in total. The van der Waals surface area contributed by atoms with Crippen LogP contribution in [-0.2, 0) is 4.79 Å². The number of H-pyrrole nitrogens is 1. The zero-order valence-corrected chi connectivity index (χ0v) is 13.6. The van der Waals surface area contributed by atoms with Gasteiger partial charge in [-0.05, 0) is 33.6 Å². The molecule has 1 rings (SSSR count). The van der Waals surface area contributed by atoms with E-state index in [9.17, 15) is 9.59 Å². The summed E-state index contributed by atoms with van der Waals surface area (Å²) < 4.78 is 0. The second-order valence-electron chi connectivity index (χ2n) is 5.54. The van der Waals surface area contributed by atoms with E-state index in [2.05, 4.69) is 15.3 Å². The van der Waals surface area contributed by atoms with Gasteiger partial charge in [0.2, 0.25) is 5.91 Å². The maximum atomic E-state index is 11.6. The highest BCUT2D eigenvalue weighted by Gasteiger charge is 2.30. The molecule has 1 amide bonds. The first-order valence-corrected chi connectivity index (χ1v) is 8.08. The average molecular weight is 312 g/mol. The number of hydrogen-bond acceptors (Lipinski definition) is 5. The Morgan fingerprint density at radius 2 is 2.24 bits per heavy atom. The van der Waals surface area contributed by atoms with Crippen LogP contribution in [0.25, 0.3) is 0 Å². The summed E-state index contributed by atoms with van der Waals surface area (Å²) in [5.41, 5.74) is 4.67. The number of unbranched alkanes of at least 4 members (excludes halogenated alkanes) is 1. The van der Waals surface area contributed by atoms with Crippen molar-refractivity contribution in [3.63, 3.8) is 0 Å². The van der Waals surface area contributed by atoms with Gasteiger partial charge in [-0.1, -0.05) is 18.2 Å². The minimum absolute atomic E-state index is 0.144. The molecule has 0 bridgehead atoms. The quantitative estimate of drug-likeness (QED) is 0.362. The average Bonchev–Trinajstić information content (AvgIpc) is 2.37. The molecule has 1 aromatic rings. The number of nitrogens with zero attached hydrogens (tertiary/aromatic N) is 1. The summed E-state index contributed by atoms with van der Waals surface area (Å²) in [5.74, 6) is 0.515. The van der Waals surface area contributed by atoms with Gasteiger partial charge in [0.15, 0.2) is 5.16 Å². The van der Waals surface area contributed by atoms with Gasteiger partial charge in [-0.3, -0.25) is 9.59 Å². The van der Waals surface area contributed by atoms with Crippen LogP contribution in [-0.4, -0.2) is 33.2 Å². The lowest BCUT2D eigenvalue weighted by molar-refractivity contribution is -0.124. The highest BCUT2D eigenvalue weighted by atomic mass is 32.2. The molecular weight excluding hydrogens is 288 g/mol. The van der Waals surface area contributed by atoms with E-state index < -0.39 is 5.54 Å². The number of carbonyl (C=O) groups is 1. The molecular formula is C14H24N4O2S. The van der Waals surface area contributed by atoms with Crippen LogP contribution >= 0.6 is 11.8 Å². The number of hydrogen-bond donors (Lipinski definition) is 3. The largest absolute Gasteiger partial charge is 0.368 e. The van der Waals surface area contributed by atoms with Crippen LogP contribution in [0.3, 0.4) is 0 Å². The fraction of sp³-hybridized carbons (Fsp3) is 0.643. The lowest BCUT2D eigenvalue weighted by Crippen LogP contribution is -2.55. The summed E-state index contributed by atoms with van der Waals surface area (Å²) in [7, 11) is 0. The molecule has 0 aliphatic carbocycles. The number of carbonyl (C=O) groups excluding carboxylic acids is 1. The molecule has 6 nitrogen and oxygen atoms in total. The lowest BCUT2D eigenvalue weighted by atomic mass is 9.93. The van der Waals surface area contributed by atoms with Crippen LogP contribution in [0, 0.1) is 0 Å². The Labute approximate surface area is 129 Å². The van der Waals surface area contributed by atoms with Gasteiger partial charge >= 0.3 is 0 Å². The minimum atomic E-state index is -0.669. The predicted octanol–water partition coefficient (Wildman–Crippen LogP) is 1.27. The first-order valence-electron chi connectivity index (χ1n) is 7.09. The van der Waals surface area contributed by atoms with Crippen LogP contribution in [0.15, 0.2) is 22.2 Å². The minimum Gasteiger partial charge on any atom is -0.368 e. The zero-order chi connectivity index (χ0) is 15.9. The number of amides is 1. The molecule has 0 aliphatic heterocycles. The van der Waals surface area contributed by atoms with Crippen molar-refractivity contribution >= 4 is 17.7 Å². The van der Waals surface area contributed by atoms with Crippen LogP contribution in [0.4, 0.5) is 0 Å². The molecule has 0 saturated carbocycles. The third-order valence-corrected chi connectivity index (χ3v) is 4.08. The Morgan fingerprint density at radius 3 is 2.81 bits per heavy atom. The molecule has 118 valence electrons. The maximum absolute atomic E-state index is 11.6. The van der Waals surface area contributed by atoms with Crippen LogP contribution in [0.5, 0.6) is 0 Å². The second kappa shape index (κ2) is 8.19. The van der Waals surface area contributed by atoms with Crippen molar-refractivity contribution in [3.05, 3.63) is 22.6 Å². The third-order valence-electron chi connectivity index (χ3n) is 3.11. The van der Waals surface area contributed by atoms with Crippen molar-refractivity contribution in [1.29, 1.82) is 0 Å². The highest BCUT2D eigenvalue weighted by Crippen LogP contribution is 2.18. The first kappa shape index (κ1) is 17.7. The number of thioether (sulfide) groups is 1. The fourth-order valence-corrected chi connectivity index (χ4v) is 2.93. The van der Waals surface area contributed by atoms with E-state index in [1.165, 1.54) is 24.0 Å². The Morgan fingerprint density at radius 1 is 1.52 bits per heavy atom. The molecule has 0 aliphatic rings. The number of rotatable bonds is 9. The molecule has 21 heavy (non-hydrogen) atoms. The van der Waals surface area contributed by atoms with E-state index in [4.69, 9.17) is 5.73 Å². The molecule has 0 aromatic carbocycles. The summed E-state index contributed by atoms with van der Waals surface area (Å²) in [6.45, 7) is 5.83. The van der Waals surface area contributed by atoms with Gasteiger partial charge in [0.25, 0.3) is 5.56 Å². The van der Waals surface area contributed by atoms with Crippen molar-refractivity contribution < 1.29 is 4.79 Å². The molecule has 0 saturated heterocycles. The summed E-state index contributed by atoms with van der Waals surface area (Å²) in [4.78, 5) is 29.4. The van der Waals surface area contributed by atoms with Gasteiger partial charge < -0.3 is 16.0 Å². The van der Waals surface area contributed by atoms with E-state index in [0.717, 1.165) is 18.6 Å². The van der Waals surface area contributed by atoms with E-state index >= 15 is 0 Å². The van der Waals surface area contributed by atoms with E-state index in [0.29, 0.717) is 11.6 Å². The van der Waals surface area contributed by atoms with Crippen LogP contribution < -0.4 is 16.6 Å². The maximum Gasteiger partial charge on any atom is 0.251 e. The normalized spacial score (nSPS) is 14.1. The van der Waals surface area contributed by atoms with Crippen molar-refractivity contribution in [2.24, 2.45) is 5.73 Å². The van der Waals surface area contributed by atoms with Gasteiger partial charge in [0.05, 0.1) is 5.54 Å². The Bertz CT molecular complexity index is 518. The van der Waals surface area contributed by atoms with Gasteiger partial charge in [-0.25, -0.2) is 4.98 Å². The third kappa shape index (κ3) is 6.31. The van der Waals surface area contributed by atoms with E-state index in [1.807, 2.05) is 20.8 Å². The number of aromatic amines is 1. The molecule has 7 heteroatoms. The van der Waals surface area contributed by atoms with Gasteiger partial charge in [0, 0.05) is 24.1 Å². The zero-order valence-electron chi connectivity index (χ0n) is 12.8. The van der Waals surface area contributed by atoms with E-state index in [-0.39, 0.29) is 17.5 Å². The number of aromatic nitrogens is 2. The fourth-order valence-electron chi connectivity index (χ4n) is 2.08. The Balaban J connectivity index is 2.35. The highest BCUT2D eigenvalue weighted by molar-refractivity contribution is 7.99. The Kier molecular flexibility index (Phi) is 6.91. The molecule has 1 unspecified atom stereocenters. The van der Waals surface area contributed by atoms with Crippen LogP contribution in [0.1, 0.15) is 40.0 Å². The smallest absolute Gasteiger partial charge is 0.251 e. The standard InChI is InChI=1S/C14H24N4O2S/c1-10(2)18-14(3,12(15)20)7-4-5-9-21-13-16-8-6-11(19)17-13/h6,8,10,18H,4-5,7,9H2,1-3H3,(H2,15,20)(H,16,17,19). The molecule has 1 aromatic heterocycles. The number of primary amides is 1. The topological polar surface area (TPSA) is 101 Å². The van der Waals surface area contributed by atoms with Gasteiger partial charge in [-0.15, -0.1) is 0 Å². The number of nitrogens with two attached hydrogens (primary N) is 1. The monoisotopic (exact) mass is 312 g/mol. The van der Waals surface area contributed by atoms with Crippen molar-refractivity contribution in [2.45, 2.75) is 56.8 Å². The van der Waals surface area contributed by atoms with Crippen molar-refractivity contribution in [2.75, 3.05) is 5.75 Å². The molecule has 0 spiro atoms. The summed E-state index contributed by atoms with van der Waals surface area (Å²) in [6, 6.07) is 1.59. The molecule has 1 atom stereocenters. The summed E-state index contributed by atoms with van der Waals surface area (Å²) >= 11 is 1.50. The summed E-state index contributed by atoms with van der Waals surface area (Å²) in [6.07, 6.45) is 3.99. The SMILES string of the molecule is CC(C)NC(C)(CCCCSc1nccc(=O)[nH]1)C(N)=O. The molecule has 0 radical (unpaired) electrons. The van der Waals surface area contributed by atoms with Crippen molar-refractivity contribution in [3.8, 4) is 0 Å². The lowest BCUT2D eigenvalue weighted by Gasteiger charge is -2.29. The molecule has 1 heterocycles. The van der Waals surface area contributed by atoms with Gasteiger partial charge in [-0.2, -0.15) is 0 Å².